The van der Waals surface area contributed by atoms with Crippen LogP contribution in [0.25, 0.3) is 0 Å². The lowest BCUT2D eigenvalue weighted by Crippen LogP contribution is -2.31. The van der Waals surface area contributed by atoms with E-state index in [4.69, 9.17) is 0 Å². The molecule has 5 heteroatoms. The van der Waals surface area contributed by atoms with Crippen molar-refractivity contribution in [3.05, 3.63) is 21.7 Å². The largest absolute Gasteiger partial charge is 0.373 e. The van der Waals surface area contributed by atoms with Gasteiger partial charge in [-0.2, -0.15) is 4.98 Å². The molecular weight excluding hydrogens is 180 g/mol. The lowest BCUT2D eigenvalue weighted by Gasteiger charge is -2.25. The van der Waals surface area contributed by atoms with Gasteiger partial charge in [-0.15, -0.1) is 0 Å². The smallest absolute Gasteiger partial charge is 0.347 e. The van der Waals surface area contributed by atoms with Crippen molar-refractivity contribution < 1.29 is 0 Å². The number of nitrogens with zero attached hydrogens (tertiary/aromatic N) is 2. The number of nitrogens with one attached hydrogen (secondary N) is 2. The van der Waals surface area contributed by atoms with Crippen molar-refractivity contribution in [3.8, 4) is 0 Å². The van der Waals surface area contributed by atoms with Crippen LogP contribution in [-0.2, 0) is 13.0 Å². The molecule has 0 bridgehead atoms. The Kier molecular flexibility index (Phi) is 2.25. The number of likely N-dealkylation sites (N-methyl/N-ethyl adjacent to an activating group) is 1. The lowest BCUT2D eigenvalue weighted by atomic mass is 10.1. The Morgan fingerprint density at radius 2 is 2.36 bits per heavy atom. The highest BCUT2D eigenvalue weighted by Gasteiger charge is 2.18. The summed E-state index contributed by atoms with van der Waals surface area (Å²) in [5, 5.41) is 2.96. The maximum atomic E-state index is 11.2. The van der Waals surface area contributed by atoms with Crippen molar-refractivity contribution in [2.75, 3.05) is 26.0 Å². The molecule has 0 atom stereocenters. The first-order chi connectivity index (χ1) is 6.70. The molecule has 2 N–H and O–H groups in total. The monoisotopic (exact) mass is 194 g/mol. The van der Waals surface area contributed by atoms with E-state index in [1.807, 2.05) is 0 Å². The molecule has 14 heavy (non-hydrogen) atoms. The van der Waals surface area contributed by atoms with E-state index in [1.165, 1.54) is 0 Å². The Morgan fingerprint density at radius 1 is 1.57 bits per heavy atom. The van der Waals surface area contributed by atoms with Gasteiger partial charge in [-0.05, 0) is 7.05 Å². The Bertz CT molecular complexity index is 378. The SMILES string of the molecule is CNc1nc(=O)[nH]c2c1CN(C)CC2. The molecule has 0 aliphatic carbocycles. The second kappa shape index (κ2) is 3.42. The number of aromatic amines is 1. The van der Waals surface area contributed by atoms with Crippen molar-refractivity contribution in [2.24, 2.45) is 0 Å². The number of rotatable bonds is 1. The van der Waals surface area contributed by atoms with Gasteiger partial charge in [0.15, 0.2) is 0 Å². The van der Waals surface area contributed by atoms with Gasteiger partial charge in [0.1, 0.15) is 5.82 Å². The van der Waals surface area contributed by atoms with E-state index in [1.54, 1.807) is 7.05 Å². The molecule has 1 aromatic rings. The van der Waals surface area contributed by atoms with Crippen LogP contribution in [0.5, 0.6) is 0 Å². The number of hydrogen-bond donors (Lipinski definition) is 2. The summed E-state index contributed by atoms with van der Waals surface area (Å²) in [6.07, 6.45) is 0.887. The standard InChI is InChI=1S/C9H14N4O/c1-10-8-6-5-13(2)4-3-7(6)11-9(14)12-8/h3-5H2,1-2H3,(H2,10,11,12,14). The second-order valence-electron chi connectivity index (χ2n) is 3.59. The molecule has 0 saturated heterocycles. The number of H-pyrrole nitrogens is 1. The summed E-state index contributed by atoms with van der Waals surface area (Å²) in [4.78, 5) is 20.1. The van der Waals surface area contributed by atoms with Crippen LogP contribution in [0, 0.1) is 0 Å². The minimum absolute atomic E-state index is 0.266. The van der Waals surface area contributed by atoms with E-state index in [2.05, 4.69) is 27.2 Å². The molecule has 5 nitrogen and oxygen atoms in total. The highest BCUT2D eigenvalue weighted by Crippen LogP contribution is 2.19. The van der Waals surface area contributed by atoms with Crippen LogP contribution in [-0.4, -0.2) is 35.5 Å². The van der Waals surface area contributed by atoms with Crippen LogP contribution in [0.1, 0.15) is 11.3 Å². The molecule has 2 rings (SSSR count). The maximum absolute atomic E-state index is 11.2. The van der Waals surface area contributed by atoms with Gasteiger partial charge in [-0.25, -0.2) is 4.79 Å². The summed E-state index contributed by atoms with van der Waals surface area (Å²) in [7, 11) is 3.85. The van der Waals surface area contributed by atoms with E-state index in [-0.39, 0.29) is 5.69 Å². The Morgan fingerprint density at radius 3 is 3.07 bits per heavy atom. The average Bonchev–Trinajstić information content (AvgIpc) is 2.17. The van der Waals surface area contributed by atoms with Crippen LogP contribution in [0.2, 0.25) is 0 Å². The molecule has 1 aliphatic rings. The molecule has 0 unspecified atom stereocenters. The summed E-state index contributed by atoms with van der Waals surface area (Å²) < 4.78 is 0. The maximum Gasteiger partial charge on any atom is 0.347 e. The summed E-state index contributed by atoms with van der Waals surface area (Å²) >= 11 is 0. The zero-order valence-corrected chi connectivity index (χ0v) is 8.42. The van der Waals surface area contributed by atoms with Gasteiger partial charge < -0.3 is 15.2 Å². The third kappa shape index (κ3) is 1.50. The lowest BCUT2D eigenvalue weighted by molar-refractivity contribution is 0.309. The molecule has 76 valence electrons. The molecule has 0 radical (unpaired) electrons. The van der Waals surface area contributed by atoms with Crippen LogP contribution in [0.15, 0.2) is 4.79 Å². The first kappa shape index (κ1) is 9.21. The first-order valence-corrected chi connectivity index (χ1v) is 4.69. The van der Waals surface area contributed by atoms with E-state index in [0.717, 1.165) is 30.8 Å². The van der Waals surface area contributed by atoms with E-state index in [0.29, 0.717) is 5.82 Å². The number of anilines is 1. The van der Waals surface area contributed by atoms with Crippen molar-refractivity contribution in [2.45, 2.75) is 13.0 Å². The normalized spacial score (nSPS) is 16.4. The zero-order chi connectivity index (χ0) is 10.1. The van der Waals surface area contributed by atoms with E-state index < -0.39 is 0 Å². The highest BCUT2D eigenvalue weighted by atomic mass is 16.1. The molecular formula is C9H14N4O. The molecule has 0 fully saturated rings. The average molecular weight is 194 g/mol. The number of fused-ring (bicyclic) bond motifs is 1. The molecule has 0 saturated carbocycles. The molecule has 2 heterocycles. The van der Waals surface area contributed by atoms with Gasteiger partial charge >= 0.3 is 5.69 Å². The highest BCUT2D eigenvalue weighted by molar-refractivity contribution is 5.46. The third-order valence-electron chi connectivity index (χ3n) is 2.53. The third-order valence-corrected chi connectivity index (χ3v) is 2.53. The fourth-order valence-corrected chi connectivity index (χ4v) is 1.79. The molecule has 1 aliphatic heterocycles. The second-order valence-corrected chi connectivity index (χ2v) is 3.59. The van der Waals surface area contributed by atoms with Gasteiger partial charge in [-0.3, -0.25) is 0 Å². The fourth-order valence-electron chi connectivity index (χ4n) is 1.79. The predicted molar refractivity (Wildman–Crippen MR) is 54.4 cm³/mol. The van der Waals surface area contributed by atoms with Crippen molar-refractivity contribution >= 4 is 5.82 Å². The Balaban J connectivity index is 2.52. The Labute approximate surface area is 82.2 Å². The fraction of sp³-hybridized carbons (Fsp3) is 0.556. The number of aromatic nitrogens is 2. The predicted octanol–water partition coefficient (Wildman–Crippen LogP) is -0.200. The van der Waals surface area contributed by atoms with Crippen molar-refractivity contribution in [3.63, 3.8) is 0 Å². The number of hydrogen-bond acceptors (Lipinski definition) is 4. The quantitative estimate of drug-likeness (QED) is 0.650. The van der Waals surface area contributed by atoms with E-state index >= 15 is 0 Å². The first-order valence-electron chi connectivity index (χ1n) is 4.69. The van der Waals surface area contributed by atoms with Gasteiger partial charge in [0.2, 0.25) is 0 Å². The summed E-state index contributed by atoms with van der Waals surface area (Å²) in [6, 6.07) is 0. The molecule has 0 aromatic carbocycles. The Hall–Kier alpha value is -1.36. The van der Waals surface area contributed by atoms with Gasteiger partial charge in [0.25, 0.3) is 0 Å². The molecule has 1 aromatic heterocycles. The van der Waals surface area contributed by atoms with Crippen LogP contribution in [0.3, 0.4) is 0 Å². The molecule has 0 amide bonds. The summed E-state index contributed by atoms with van der Waals surface area (Å²) in [6.45, 7) is 1.82. The van der Waals surface area contributed by atoms with Crippen molar-refractivity contribution in [1.29, 1.82) is 0 Å². The van der Waals surface area contributed by atoms with Crippen LogP contribution >= 0.6 is 0 Å². The van der Waals surface area contributed by atoms with Crippen LogP contribution < -0.4 is 11.0 Å². The minimum Gasteiger partial charge on any atom is -0.373 e. The molecule has 0 spiro atoms. The minimum atomic E-state index is -0.266. The van der Waals surface area contributed by atoms with Crippen LogP contribution in [0.4, 0.5) is 5.82 Å². The van der Waals surface area contributed by atoms with Gasteiger partial charge in [-0.1, -0.05) is 0 Å². The van der Waals surface area contributed by atoms with Gasteiger partial charge in [0.05, 0.1) is 0 Å². The summed E-state index contributed by atoms with van der Waals surface area (Å²) in [5.74, 6) is 0.704. The topological polar surface area (TPSA) is 61.0 Å². The van der Waals surface area contributed by atoms with E-state index in [9.17, 15) is 4.79 Å². The zero-order valence-electron chi connectivity index (χ0n) is 8.42. The summed E-state index contributed by atoms with van der Waals surface area (Å²) in [5.41, 5.74) is 1.87. The van der Waals surface area contributed by atoms with Crippen molar-refractivity contribution in [1.82, 2.24) is 14.9 Å². The van der Waals surface area contributed by atoms with Gasteiger partial charge in [0, 0.05) is 37.8 Å².